The van der Waals surface area contributed by atoms with E-state index in [2.05, 4.69) is 5.32 Å². The van der Waals surface area contributed by atoms with Crippen molar-refractivity contribution in [2.75, 3.05) is 38.9 Å². The first-order valence-electron chi connectivity index (χ1n) is 8.33. The molecule has 0 aliphatic heterocycles. The van der Waals surface area contributed by atoms with Crippen molar-refractivity contribution in [2.45, 2.75) is 6.54 Å². The van der Waals surface area contributed by atoms with E-state index in [4.69, 9.17) is 14.2 Å². The van der Waals surface area contributed by atoms with Crippen molar-refractivity contribution in [1.29, 1.82) is 0 Å². The van der Waals surface area contributed by atoms with Crippen LogP contribution in [0.3, 0.4) is 0 Å². The molecule has 0 aliphatic rings. The third-order valence-electron chi connectivity index (χ3n) is 4.19. The van der Waals surface area contributed by atoms with Crippen LogP contribution in [0.2, 0.25) is 0 Å². The van der Waals surface area contributed by atoms with Gasteiger partial charge in [0.05, 0.1) is 33.3 Å². The van der Waals surface area contributed by atoms with Gasteiger partial charge in [-0.25, -0.2) is 8.42 Å². The molecule has 0 heterocycles. The molecular formula is C19H24N2O6S. The van der Waals surface area contributed by atoms with Crippen LogP contribution in [0.5, 0.6) is 17.2 Å². The predicted molar refractivity (Wildman–Crippen MR) is 107 cm³/mol. The molecule has 0 saturated carbocycles. The second kappa shape index (κ2) is 8.83. The largest absolute Gasteiger partial charge is 0.493 e. The van der Waals surface area contributed by atoms with E-state index in [1.54, 1.807) is 30.3 Å². The number of hydrogen-bond acceptors (Lipinski definition) is 6. The van der Waals surface area contributed by atoms with Gasteiger partial charge in [-0.1, -0.05) is 6.07 Å². The summed E-state index contributed by atoms with van der Waals surface area (Å²) in [5, 5.41) is 2.80. The Balaban J connectivity index is 2.21. The summed E-state index contributed by atoms with van der Waals surface area (Å²) >= 11 is 0. The Kier molecular flexibility index (Phi) is 6.74. The Morgan fingerprint density at radius 3 is 2.29 bits per heavy atom. The van der Waals surface area contributed by atoms with E-state index in [-0.39, 0.29) is 12.5 Å². The van der Waals surface area contributed by atoms with Gasteiger partial charge in [0.25, 0.3) is 5.91 Å². The predicted octanol–water partition coefficient (Wildman–Crippen LogP) is 2.04. The quantitative estimate of drug-likeness (QED) is 0.718. The second-order valence-corrected chi connectivity index (χ2v) is 7.97. The molecule has 152 valence electrons. The first-order valence-corrected chi connectivity index (χ1v) is 10.2. The van der Waals surface area contributed by atoms with E-state index in [0.29, 0.717) is 34.1 Å². The Labute approximate surface area is 165 Å². The Bertz CT molecular complexity index is 959. The number of hydrogen-bond donors (Lipinski definition) is 1. The number of nitrogens with one attached hydrogen (secondary N) is 1. The van der Waals surface area contributed by atoms with Crippen molar-refractivity contribution in [3.05, 3.63) is 47.5 Å². The monoisotopic (exact) mass is 408 g/mol. The van der Waals surface area contributed by atoms with Crippen LogP contribution in [0.4, 0.5) is 5.69 Å². The number of sulfonamides is 1. The lowest BCUT2D eigenvalue weighted by Gasteiger charge is -2.18. The summed E-state index contributed by atoms with van der Waals surface area (Å²) in [5.41, 5.74) is 1.45. The maximum atomic E-state index is 12.5. The molecular weight excluding hydrogens is 384 g/mol. The zero-order valence-electron chi connectivity index (χ0n) is 16.5. The minimum absolute atomic E-state index is 0.189. The van der Waals surface area contributed by atoms with E-state index in [0.717, 1.165) is 10.6 Å². The molecule has 1 N–H and O–H groups in total. The van der Waals surface area contributed by atoms with Gasteiger partial charge in [0.2, 0.25) is 15.8 Å². The molecule has 1 amide bonds. The highest BCUT2D eigenvalue weighted by Gasteiger charge is 2.17. The molecule has 0 unspecified atom stereocenters. The fourth-order valence-corrected chi connectivity index (χ4v) is 3.11. The summed E-state index contributed by atoms with van der Waals surface area (Å²) in [5.74, 6) is 1.08. The van der Waals surface area contributed by atoms with Crippen molar-refractivity contribution < 1.29 is 27.4 Å². The number of ether oxygens (including phenoxy) is 3. The SMILES string of the molecule is COc1ccc(CNC(=O)c2cccc(N(C)S(C)(=O)=O)c2)c(OC)c1OC. The standard InChI is InChI=1S/C19H24N2O6S/c1-21(28(5,23)24)15-8-6-7-13(11-15)19(22)20-12-14-9-10-16(25-2)18(27-4)17(14)26-3/h6-11H,12H2,1-5H3,(H,20,22). The third kappa shape index (κ3) is 4.66. The minimum Gasteiger partial charge on any atom is -0.493 e. The summed E-state index contributed by atoms with van der Waals surface area (Å²) < 4.78 is 40.5. The first-order chi connectivity index (χ1) is 13.2. The van der Waals surface area contributed by atoms with E-state index in [1.807, 2.05) is 0 Å². The van der Waals surface area contributed by atoms with Gasteiger partial charge in [0, 0.05) is 24.7 Å². The van der Waals surface area contributed by atoms with Crippen molar-refractivity contribution in [3.63, 3.8) is 0 Å². The molecule has 0 saturated heterocycles. The summed E-state index contributed by atoms with van der Waals surface area (Å²) in [6.45, 7) is 0.189. The number of nitrogens with zero attached hydrogens (tertiary/aromatic N) is 1. The average molecular weight is 408 g/mol. The summed E-state index contributed by atoms with van der Waals surface area (Å²) in [6.07, 6.45) is 1.10. The molecule has 2 aromatic carbocycles. The van der Waals surface area contributed by atoms with Crippen LogP contribution < -0.4 is 23.8 Å². The summed E-state index contributed by atoms with van der Waals surface area (Å²) in [7, 11) is 2.55. The van der Waals surface area contributed by atoms with Crippen molar-refractivity contribution in [3.8, 4) is 17.2 Å². The van der Waals surface area contributed by atoms with Gasteiger partial charge >= 0.3 is 0 Å². The number of rotatable bonds is 8. The molecule has 8 nitrogen and oxygen atoms in total. The van der Waals surface area contributed by atoms with Crippen LogP contribution in [0, 0.1) is 0 Å². The summed E-state index contributed by atoms with van der Waals surface area (Å²) in [4.78, 5) is 12.5. The van der Waals surface area contributed by atoms with Crippen LogP contribution in [-0.2, 0) is 16.6 Å². The molecule has 0 aliphatic carbocycles. The Morgan fingerprint density at radius 2 is 1.71 bits per heavy atom. The maximum Gasteiger partial charge on any atom is 0.251 e. The smallest absolute Gasteiger partial charge is 0.251 e. The van der Waals surface area contributed by atoms with Crippen molar-refractivity contribution in [2.24, 2.45) is 0 Å². The molecule has 9 heteroatoms. The first kappa shape index (κ1) is 21.4. The normalized spacial score (nSPS) is 10.9. The fourth-order valence-electron chi connectivity index (χ4n) is 2.61. The zero-order chi connectivity index (χ0) is 20.9. The van der Waals surface area contributed by atoms with Gasteiger partial charge in [0.15, 0.2) is 11.5 Å². The van der Waals surface area contributed by atoms with Gasteiger partial charge < -0.3 is 19.5 Å². The lowest BCUT2D eigenvalue weighted by Crippen LogP contribution is -2.26. The molecule has 0 atom stereocenters. The number of methoxy groups -OCH3 is 3. The topological polar surface area (TPSA) is 94.2 Å². The van der Waals surface area contributed by atoms with Gasteiger partial charge in [-0.05, 0) is 30.3 Å². The highest BCUT2D eigenvalue weighted by atomic mass is 32.2. The lowest BCUT2D eigenvalue weighted by atomic mass is 10.1. The second-order valence-electron chi connectivity index (χ2n) is 5.96. The number of anilines is 1. The van der Waals surface area contributed by atoms with Crippen LogP contribution in [0.15, 0.2) is 36.4 Å². The van der Waals surface area contributed by atoms with Crippen molar-refractivity contribution in [1.82, 2.24) is 5.32 Å². The molecule has 0 bridgehead atoms. The highest BCUT2D eigenvalue weighted by molar-refractivity contribution is 7.92. The van der Waals surface area contributed by atoms with Crippen LogP contribution in [0.25, 0.3) is 0 Å². The summed E-state index contributed by atoms with van der Waals surface area (Å²) in [6, 6.07) is 9.87. The maximum absolute atomic E-state index is 12.5. The van der Waals surface area contributed by atoms with Gasteiger partial charge in [0.1, 0.15) is 0 Å². The number of benzene rings is 2. The zero-order valence-corrected chi connectivity index (χ0v) is 17.3. The fraction of sp³-hybridized carbons (Fsp3) is 0.316. The number of carbonyl (C=O) groups is 1. The Morgan fingerprint density at radius 1 is 1.04 bits per heavy atom. The van der Waals surface area contributed by atoms with E-state index >= 15 is 0 Å². The van der Waals surface area contributed by atoms with Gasteiger partial charge in [-0.2, -0.15) is 0 Å². The molecule has 0 fully saturated rings. The lowest BCUT2D eigenvalue weighted by molar-refractivity contribution is 0.0950. The van der Waals surface area contributed by atoms with Crippen LogP contribution in [0.1, 0.15) is 15.9 Å². The third-order valence-corrected chi connectivity index (χ3v) is 5.40. The van der Waals surface area contributed by atoms with Gasteiger partial charge in [-0.3, -0.25) is 9.10 Å². The highest BCUT2D eigenvalue weighted by Crippen LogP contribution is 2.39. The Hall–Kier alpha value is -2.94. The van der Waals surface area contributed by atoms with Crippen LogP contribution in [-0.4, -0.2) is 49.0 Å². The number of carbonyl (C=O) groups excluding carboxylic acids is 1. The van der Waals surface area contributed by atoms with E-state index in [9.17, 15) is 13.2 Å². The van der Waals surface area contributed by atoms with E-state index < -0.39 is 10.0 Å². The minimum atomic E-state index is -3.42. The number of amides is 1. The van der Waals surface area contributed by atoms with Crippen LogP contribution >= 0.6 is 0 Å². The molecule has 0 spiro atoms. The molecule has 0 radical (unpaired) electrons. The molecule has 2 rings (SSSR count). The van der Waals surface area contributed by atoms with Crippen molar-refractivity contribution >= 4 is 21.6 Å². The average Bonchev–Trinajstić information content (AvgIpc) is 2.69. The van der Waals surface area contributed by atoms with E-state index in [1.165, 1.54) is 34.4 Å². The molecule has 28 heavy (non-hydrogen) atoms. The molecule has 2 aromatic rings. The molecule has 0 aromatic heterocycles. The van der Waals surface area contributed by atoms with Gasteiger partial charge in [-0.15, -0.1) is 0 Å².